The lowest BCUT2D eigenvalue weighted by atomic mass is 10.0. The standard InChI is InChI=1S/C14H16N2O4/c1-9-4-3-5-10(6-9)13(18)16-8-11(14(19)20-2)7-12(17)15-16/h3-6,11H,7-8H2,1-2H3,(H,15,17). The Labute approximate surface area is 116 Å². The molecule has 1 unspecified atom stereocenters. The third-order valence-corrected chi connectivity index (χ3v) is 3.14. The SMILES string of the molecule is COC(=O)C1CC(=O)NN(C(=O)c2cccc(C)c2)C1. The minimum absolute atomic E-state index is 0.0320. The molecule has 106 valence electrons. The highest BCUT2D eigenvalue weighted by Gasteiger charge is 2.33. The second kappa shape index (κ2) is 5.73. The number of methoxy groups -OCH3 is 1. The number of ether oxygens (including phenoxy) is 1. The Morgan fingerprint density at radius 1 is 1.40 bits per heavy atom. The zero-order valence-electron chi connectivity index (χ0n) is 11.4. The van der Waals surface area contributed by atoms with Gasteiger partial charge in [0, 0.05) is 12.0 Å². The van der Waals surface area contributed by atoms with E-state index in [0.717, 1.165) is 5.56 Å². The van der Waals surface area contributed by atoms with Crippen molar-refractivity contribution in [3.05, 3.63) is 35.4 Å². The minimum atomic E-state index is -0.623. The van der Waals surface area contributed by atoms with Crippen LogP contribution in [0.1, 0.15) is 22.3 Å². The van der Waals surface area contributed by atoms with Crippen LogP contribution in [-0.2, 0) is 14.3 Å². The average molecular weight is 276 g/mol. The summed E-state index contributed by atoms with van der Waals surface area (Å²) in [5, 5.41) is 1.17. The van der Waals surface area contributed by atoms with Gasteiger partial charge in [-0.1, -0.05) is 17.7 Å². The second-order valence-corrected chi connectivity index (χ2v) is 4.74. The van der Waals surface area contributed by atoms with Gasteiger partial charge in [-0.25, -0.2) is 5.01 Å². The van der Waals surface area contributed by atoms with Gasteiger partial charge in [0.1, 0.15) is 0 Å². The Kier molecular flexibility index (Phi) is 4.02. The van der Waals surface area contributed by atoms with E-state index >= 15 is 0 Å². The van der Waals surface area contributed by atoms with E-state index in [2.05, 4.69) is 10.2 Å². The van der Waals surface area contributed by atoms with Gasteiger partial charge in [-0.15, -0.1) is 0 Å². The predicted molar refractivity (Wildman–Crippen MR) is 70.5 cm³/mol. The summed E-state index contributed by atoms with van der Waals surface area (Å²) in [4.78, 5) is 35.4. The molecule has 0 aliphatic carbocycles. The molecule has 20 heavy (non-hydrogen) atoms. The van der Waals surface area contributed by atoms with Gasteiger partial charge in [0.05, 0.1) is 19.6 Å². The van der Waals surface area contributed by atoms with Crippen LogP contribution in [0.5, 0.6) is 0 Å². The van der Waals surface area contributed by atoms with Gasteiger partial charge in [0.25, 0.3) is 5.91 Å². The van der Waals surface area contributed by atoms with Crippen molar-refractivity contribution in [2.75, 3.05) is 13.7 Å². The van der Waals surface area contributed by atoms with Gasteiger partial charge in [0.15, 0.2) is 0 Å². The number of hydrazine groups is 1. The van der Waals surface area contributed by atoms with E-state index in [9.17, 15) is 14.4 Å². The van der Waals surface area contributed by atoms with Crippen LogP contribution in [-0.4, -0.2) is 36.4 Å². The van der Waals surface area contributed by atoms with E-state index in [4.69, 9.17) is 0 Å². The Balaban J connectivity index is 2.17. The summed E-state index contributed by atoms with van der Waals surface area (Å²) < 4.78 is 4.63. The molecule has 1 saturated heterocycles. The first-order valence-electron chi connectivity index (χ1n) is 6.27. The lowest BCUT2D eigenvalue weighted by Crippen LogP contribution is -2.54. The highest BCUT2D eigenvalue weighted by atomic mass is 16.5. The molecule has 1 N–H and O–H groups in total. The number of hydrogen-bond acceptors (Lipinski definition) is 4. The molecule has 1 fully saturated rings. The summed E-state index contributed by atoms with van der Waals surface area (Å²) in [6, 6.07) is 7.05. The lowest BCUT2D eigenvalue weighted by Gasteiger charge is -2.31. The van der Waals surface area contributed by atoms with Crippen molar-refractivity contribution in [1.29, 1.82) is 0 Å². The van der Waals surface area contributed by atoms with Crippen molar-refractivity contribution in [2.45, 2.75) is 13.3 Å². The number of carbonyl (C=O) groups is 3. The topological polar surface area (TPSA) is 75.7 Å². The van der Waals surface area contributed by atoms with E-state index < -0.39 is 11.9 Å². The maximum absolute atomic E-state index is 12.3. The van der Waals surface area contributed by atoms with Crippen LogP contribution in [0.15, 0.2) is 24.3 Å². The van der Waals surface area contributed by atoms with Gasteiger partial charge in [-0.05, 0) is 19.1 Å². The fraction of sp³-hybridized carbons (Fsp3) is 0.357. The summed E-state index contributed by atoms with van der Waals surface area (Å²) in [5.74, 6) is -1.81. The molecule has 6 heteroatoms. The van der Waals surface area contributed by atoms with Crippen LogP contribution in [0, 0.1) is 12.8 Å². The average Bonchev–Trinajstić information content (AvgIpc) is 2.45. The van der Waals surface area contributed by atoms with Crippen LogP contribution < -0.4 is 5.43 Å². The number of nitrogens with one attached hydrogen (secondary N) is 1. The van der Waals surface area contributed by atoms with Gasteiger partial charge < -0.3 is 4.74 Å². The second-order valence-electron chi connectivity index (χ2n) is 4.74. The number of carbonyl (C=O) groups excluding carboxylic acids is 3. The number of nitrogens with zero attached hydrogens (tertiary/aromatic N) is 1. The molecule has 2 rings (SSSR count). The van der Waals surface area contributed by atoms with Crippen LogP contribution in [0.4, 0.5) is 0 Å². The number of aryl methyl sites for hydroxylation is 1. The largest absolute Gasteiger partial charge is 0.469 e. The highest BCUT2D eigenvalue weighted by molar-refractivity contribution is 5.97. The molecule has 1 aliphatic heterocycles. The highest BCUT2D eigenvalue weighted by Crippen LogP contribution is 2.15. The number of hydrogen-bond donors (Lipinski definition) is 1. The lowest BCUT2D eigenvalue weighted by molar-refractivity contribution is -0.151. The zero-order chi connectivity index (χ0) is 14.7. The Morgan fingerprint density at radius 2 is 2.15 bits per heavy atom. The maximum Gasteiger partial charge on any atom is 0.311 e. The number of benzene rings is 1. The fourth-order valence-corrected chi connectivity index (χ4v) is 2.14. The molecule has 1 aromatic rings. The zero-order valence-corrected chi connectivity index (χ0v) is 11.4. The first-order valence-corrected chi connectivity index (χ1v) is 6.27. The summed E-state index contributed by atoms with van der Waals surface area (Å²) >= 11 is 0. The molecular formula is C14H16N2O4. The number of rotatable bonds is 2. The van der Waals surface area contributed by atoms with E-state index in [1.165, 1.54) is 12.1 Å². The first-order chi connectivity index (χ1) is 9.51. The Hall–Kier alpha value is -2.37. The maximum atomic E-state index is 12.3. The molecule has 0 aromatic heterocycles. The van der Waals surface area contributed by atoms with E-state index in [-0.39, 0.29) is 24.8 Å². The van der Waals surface area contributed by atoms with Gasteiger partial charge in [-0.3, -0.25) is 19.8 Å². The number of esters is 1. The Morgan fingerprint density at radius 3 is 2.80 bits per heavy atom. The van der Waals surface area contributed by atoms with E-state index in [1.807, 2.05) is 13.0 Å². The summed E-state index contributed by atoms with van der Waals surface area (Å²) in [5.41, 5.74) is 3.90. The van der Waals surface area contributed by atoms with E-state index in [0.29, 0.717) is 5.56 Å². The molecule has 0 saturated carbocycles. The van der Waals surface area contributed by atoms with Crippen LogP contribution in [0.3, 0.4) is 0 Å². The van der Waals surface area contributed by atoms with Crippen molar-refractivity contribution in [3.63, 3.8) is 0 Å². The first kappa shape index (κ1) is 14.0. The van der Waals surface area contributed by atoms with Gasteiger partial charge in [0.2, 0.25) is 5.91 Å². The summed E-state index contributed by atoms with van der Waals surface area (Å²) in [6.45, 7) is 1.99. The Bertz CT molecular complexity index is 556. The van der Waals surface area contributed by atoms with Crippen LogP contribution in [0.2, 0.25) is 0 Å². The van der Waals surface area contributed by atoms with Crippen molar-refractivity contribution >= 4 is 17.8 Å². The van der Waals surface area contributed by atoms with Crippen LogP contribution in [0.25, 0.3) is 0 Å². The molecule has 1 atom stereocenters. The van der Waals surface area contributed by atoms with Gasteiger partial charge >= 0.3 is 5.97 Å². The van der Waals surface area contributed by atoms with Crippen molar-refractivity contribution in [3.8, 4) is 0 Å². The van der Waals surface area contributed by atoms with Crippen LogP contribution >= 0.6 is 0 Å². The molecule has 0 bridgehead atoms. The third kappa shape index (κ3) is 2.96. The number of amides is 2. The molecule has 0 spiro atoms. The quantitative estimate of drug-likeness (QED) is 0.805. The van der Waals surface area contributed by atoms with E-state index in [1.54, 1.807) is 18.2 Å². The van der Waals surface area contributed by atoms with Crippen molar-refractivity contribution in [1.82, 2.24) is 10.4 Å². The molecule has 2 amide bonds. The third-order valence-electron chi connectivity index (χ3n) is 3.14. The smallest absolute Gasteiger partial charge is 0.311 e. The minimum Gasteiger partial charge on any atom is -0.469 e. The molecule has 1 aliphatic rings. The van der Waals surface area contributed by atoms with Gasteiger partial charge in [-0.2, -0.15) is 0 Å². The monoisotopic (exact) mass is 276 g/mol. The molecular weight excluding hydrogens is 260 g/mol. The normalized spacial score (nSPS) is 18.4. The van der Waals surface area contributed by atoms with Crippen molar-refractivity contribution < 1.29 is 19.1 Å². The summed E-state index contributed by atoms with van der Waals surface area (Å²) in [7, 11) is 1.27. The molecule has 1 aromatic carbocycles. The molecule has 6 nitrogen and oxygen atoms in total. The fourth-order valence-electron chi connectivity index (χ4n) is 2.14. The molecule has 0 radical (unpaired) electrons. The summed E-state index contributed by atoms with van der Waals surface area (Å²) in [6.07, 6.45) is 0.0320. The molecule has 1 heterocycles. The van der Waals surface area contributed by atoms with Crippen molar-refractivity contribution in [2.24, 2.45) is 5.92 Å². The predicted octanol–water partition coefficient (Wildman–Crippen LogP) is 0.661.